The van der Waals surface area contributed by atoms with Crippen LogP contribution in [0, 0.1) is 0 Å². The molecule has 0 N–H and O–H groups in total. The van der Waals surface area contributed by atoms with Gasteiger partial charge in [-0.05, 0) is 18.2 Å². The van der Waals surface area contributed by atoms with Gasteiger partial charge in [-0.25, -0.2) is 18.4 Å². The van der Waals surface area contributed by atoms with E-state index < -0.39 is 14.3 Å². The van der Waals surface area contributed by atoms with Gasteiger partial charge in [0.05, 0.1) is 5.52 Å². The Balaban J connectivity index is 2.09. The molecule has 2 aromatic rings. The van der Waals surface area contributed by atoms with E-state index in [1.54, 1.807) is 12.1 Å². The average molecular weight is 391 g/mol. The molecular formula is C12H9BrClN3O3S. The van der Waals surface area contributed by atoms with Crippen molar-refractivity contribution in [2.75, 3.05) is 11.4 Å². The summed E-state index contributed by atoms with van der Waals surface area (Å²) in [4.78, 5) is 21.7. The zero-order chi connectivity index (χ0) is 15.2. The van der Waals surface area contributed by atoms with Crippen molar-refractivity contribution >= 4 is 58.3 Å². The molecule has 1 amide bonds. The van der Waals surface area contributed by atoms with Crippen molar-refractivity contribution in [1.29, 1.82) is 0 Å². The maximum Gasteiger partial charge on any atom is 0.237 e. The van der Waals surface area contributed by atoms with Gasteiger partial charge >= 0.3 is 0 Å². The molecule has 1 atom stereocenters. The van der Waals surface area contributed by atoms with Crippen LogP contribution in [0.25, 0.3) is 10.9 Å². The highest BCUT2D eigenvalue weighted by Gasteiger charge is 2.39. The lowest BCUT2D eigenvalue weighted by atomic mass is 10.2. The van der Waals surface area contributed by atoms with Gasteiger partial charge in [0.15, 0.2) is 0 Å². The molecule has 3 rings (SSSR count). The van der Waals surface area contributed by atoms with Crippen LogP contribution in [-0.2, 0) is 13.8 Å². The first kappa shape index (κ1) is 14.7. The first-order chi connectivity index (χ1) is 9.86. The van der Waals surface area contributed by atoms with E-state index in [2.05, 4.69) is 25.9 Å². The van der Waals surface area contributed by atoms with E-state index in [1.165, 1.54) is 11.2 Å². The largest absolute Gasteiger partial charge is 0.295 e. The summed E-state index contributed by atoms with van der Waals surface area (Å²) in [7, 11) is 1.57. The molecular weight excluding hydrogens is 382 g/mol. The van der Waals surface area contributed by atoms with Crippen LogP contribution >= 0.6 is 26.6 Å². The molecule has 1 aromatic heterocycles. The monoisotopic (exact) mass is 389 g/mol. The lowest BCUT2D eigenvalue weighted by molar-refractivity contribution is -0.117. The number of hydrogen-bond acceptors (Lipinski definition) is 5. The normalized spacial score (nSPS) is 19.4. The summed E-state index contributed by atoms with van der Waals surface area (Å²) in [6, 6.07) is 5.42. The summed E-state index contributed by atoms with van der Waals surface area (Å²) >= 11 is 3.36. The molecule has 21 heavy (non-hydrogen) atoms. The van der Waals surface area contributed by atoms with Gasteiger partial charge in [-0.3, -0.25) is 9.69 Å². The van der Waals surface area contributed by atoms with Crippen molar-refractivity contribution in [3.63, 3.8) is 0 Å². The van der Waals surface area contributed by atoms with Gasteiger partial charge < -0.3 is 0 Å². The molecule has 0 bridgehead atoms. The number of nitrogens with zero attached hydrogens (tertiary/aromatic N) is 3. The van der Waals surface area contributed by atoms with E-state index in [9.17, 15) is 13.2 Å². The quantitative estimate of drug-likeness (QED) is 0.733. The lowest BCUT2D eigenvalue weighted by Crippen LogP contribution is -2.27. The number of fused-ring (bicyclic) bond motifs is 1. The summed E-state index contributed by atoms with van der Waals surface area (Å²) in [6.07, 6.45) is 1.21. The summed E-state index contributed by atoms with van der Waals surface area (Å²) in [6.45, 7) is 0.00327. The molecule has 0 radical (unpaired) electrons. The van der Waals surface area contributed by atoms with Crippen molar-refractivity contribution in [3.8, 4) is 0 Å². The molecule has 1 aromatic carbocycles. The van der Waals surface area contributed by atoms with Gasteiger partial charge in [0.25, 0.3) is 0 Å². The summed E-state index contributed by atoms with van der Waals surface area (Å²) < 4.78 is 23.7. The lowest BCUT2D eigenvalue weighted by Gasteiger charge is -2.16. The van der Waals surface area contributed by atoms with Crippen LogP contribution in [0.4, 0.5) is 5.82 Å². The van der Waals surface area contributed by atoms with Crippen molar-refractivity contribution in [1.82, 2.24) is 9.97 Å². The second kappa shape index (κ2) is 5.19. The first-order valence-corrected chi connectivity index (χ1v) is 9.17. The number of aromatic nitrogens is 2. The Kier molecular flexibility index (Phi) is 3.62. The predicted molar refractivity (Wildman–Crippen MR) is 82.8 cm³/mol. The number of amides is 1. The number of rotatable bonds is 2. The third-order valence-corrected chi connectivity index (χ3v) is 5.68. The molecule has 6 nitrogen and oxygen atoms in total. The molecule has 1 unspecified atom stereocenters. The van der Waals surface area contributed by atoms with Gasteiger partial charge in [-0.2, -0.15) is 0 Å². The molecule has 1 aliphatic rings. The minimum Gasteiger partial charge on any atom is -0.295 e. The average Bonchev–Trinajstić information content (AvgIpc) is 2.80. The Hall–Kier alpha value is -1.25. The molecule has 0 aliphatic carbocycles. The van der Waals surface area contributed by atoms with E-state index in [-0.39, 0.29) is 18.9 Å². The van der Waals surface area contributed by atoms with Crippen LogP contribution in [0.15, 0.2) is 29.0 Å². The number of carbonyl (C=O) groups excluding carboxylic acids is 1. The smallest absolute Gasteiger partial charge is 0.237 e. The maximum absolute atomic E-state index is 12.1. The van der Waals surface area contributed by atoms with Gasteiger partial charge in [0.1, 0.15) is 17.4 Å². The molecule has 1 fully saturated rings. The fourth-order valence-corrected chi connectivity index (χ4v) is 3.69. The van der Waals surface area contributed by atoms with E-state index in [4.69, 9.17) is 10.7 Å². The van der Waals surface area contributed by atoms with Gasteiger partial charge in [0.2, 0.25) is 15.0 Å². The van der Waals surface area contributed by atoms with Crippen LogP contribution < -0.4 is 4.90 Å². The van der Waals surface area contributed by atoms with Crippen molar-refractivity contribution in [3.05, 3.63) is 29.0 Å². The third kappa shape index (κ3) is 2.75. The minimum absolute atomic E-state index is 0.00327. The highest BCUT2D eigenvalue weighted by molar-refractivity contribution is 9.10. The number of anilines is 1. The van der Waals surface area contributed by atoms with Gasteiger partial charge in [0, 0.05) is 33.5 Å². The Bertz CT molecular complexity index is 843. The fraction of sp³-hybridized carbons (Fsp3) is 0.250. The number of hydrogen-bond donors (Lipinski definition) is 0. The molecule has 9 heteroatoms. The molecule has 0 saturated carbocycles. The Morgan fingerprint density at radius 1 is 1.33 bits per heavy atom. The maximum atomic E-state index is 12.1. The standard InChI is InChI=1S/C12H9BrClN3O3S/c13-7-1-2-10-9(3-7)12(16-6-15-10)17-5-8(4-11(17)18)21(14,19)20/h1-3,6,8H,4-5H2. The molecule has 1 aliphatic heterocycles. The molecule has 0 spiro atoms. The SMILES string of the molecule is O=C1CC(S(=O)(=O)Cl)CN1c1ncnc2ccc(Br)cc12. The summed E-state index contributed by atoms with van der Waals surface area (Å²) in [5, 5.41) is -0.239. The Morgan fingerprint density at radius 3 is 2.76 bits per heavy atom. The van der Waals surface area contributed by atoms with Crippen LogP contribution in [0.5, 0.6) is 0 Å². The highest BCUT2D eigenvalue weighted by Crippen LogP contribution is 2.31. The van der Waals surface area contributed by atoms with Crippen molar-refractivity contribution in [2.24, 2.45) is 0 Å². The van der Waals surface area contributed by atoms with E-state index >= 15 is 0 Å². The number of benzene rings is 1. The van der Waals surface area contributed by atoms with E-state index in [0.29, 0.717) is 16.7 Å². The van der Waals surface area contributed by atoms with E-state index in [0.717, 1.165) is 4.47 Å². The predicted octanol–water partition coefficient (Wildman–Crippen LogP) is 2.07. The summed E-state index contributed by atoms with van der Waals surface area (Å²) in [5.41, 5.74) is 0.674. The first-order valence-electron chi connectivity index (χ1n) is 6.00. The minimum atomic E-state index is -3.78. The second-order valence-corrected chi connectivity index (χ2v) is 8.49. The highest BCUT2D eigenvalue weighted by atomic mass is 79.9. The van der Waals surface area contributed by atoms with E-state index in [1.807, 2.05) is 6.07 Å². The zero-order valence-corrected chi connectivity index (χ0v) is 13.7. The van der Waals surface area contributed by atoms with Gasteiger partial charge in [-0.1, -0.05) is 15.9 Å². The van der Waals surface area contributed by atoms with Crippen LogP contribution in [-0.4, -0.2) is 36.1 Å². The second-order valence-electron chi connectivity index (χ2n) is 4.66. The molecule has 2 heterocycles. The summed E-state index contributed by atoms with van der Waals surface area (Å²) in [5.74, 6) is 0.0818. The zero-order valence-electron chi connectivity index (χ0n) is 10.5. The Labute approximate surface area is 133 Å². The number of carbonyl (C=O) groups is 1. The fourth-order valence-electron chi connectivity index (χ4n) is 2.30. The van der Waals surface area contributed by atoms with Crippen molar-refractivity contribution in [2.45, 2.75) is 11.7 Å². The third-order valence-electron chi connectivity index (χ3n) is 3.32. The van der Waals surface area contributed by atoms with Crippen LogP contribution in [0.2, 0.25) is 0 Å². The van der Waals surface area contributed by atoms with Gasteiger partial charge in [-0.15, -0.1) is 0 Å². The Morgan fingerprint density at radius 2 is 2.10 bits per heavy atom. The van der Waals surface area contributed by atoms with Crippen LogP contribution in [0.1, 0.15) is 6.42 Å². The topological polar surface area (TPSA) is 80.2 Å². The number of halogens is 2. The van der Waals surface area contributed by atoms with Crippen LogP contribution in [0.3, 0.4) is 0 Å². The molecule has 1 saturated heterocycles. The molecule has 110 valence electrons. The van der Waals surface area contributed by atoms with Crippen molar-refractivity contribution < 1.29 is 13.2 Å².